The van der Waals surface area contributed by atoms with Crippen LogP contribution >= 0.6 is 0 Å². The molecule has 0 radical (unpaired) electrons. The number of aromatic nitrogens is 4. The first kappa shape index (κ1) is 16.5. The number of aliphatic hydroxyl groups excluding tert-OH is 3. The molecule has 4 rings (SSSR count). The first-order valence-corrected chi connectivity index (χ1v) is 8.37. The number of nitrogen functional groups attached to an aromatic ring is 1. The van der Waals surface area contributed by atoms with Crippen molar-refractivity contribution >= 4 is 17.0 Å². The summed E-state index contributed by atoms with van der Waals surface area (Å²) < 4.78 is 12.8. The maximum absolute atomic E-state index is 10.2. The Bertz CT molecular complexity index is 762. The average molecular weight is 351 g/mol. The molecule has 1 aliphatic carbocycles. The topological polar surface area (TPSA) is 149 Å². The van der Waals surface area contributed by atoms with Gasteiger partial charge in [0.25, 0.3) is 0 Å². The Morgan fingerprint density at radius 2 is 2.00 bits per heavy atom. The van der Waals surface area contributed by atoms with Gasteiger partial charge in [-0.25, -0.2) is 4.98 Å². The second kappa shape index (κ2) is 6.37. The molecule has 0 aromatic carbocycles. The third-order valence-corrected chi connectivity index (χ3v) is 4.79. The Morgan fingerprint density at radius 3 is 2.68 bits per heavy atom. The van der Waals surface area contributed by atoms with Crippen LogP contribution in [-0.2, 0) is 4.74 Å². The normalized spacial score (nSPS) is 30.4. The van der Waals surface area contributed by atoms with Gasteiger partial charge in [-0.3, -0.25) is 4.57 Å². The number of aliphatic hydroxyl groups is 3. The van der Waals surface area contributed by atoms with E-state index in [2.05, 4.69) is 15.0 Å². The van der Waals surface area contributed by atoms with Crippen molar-refractivity contribution in [1.29, 1.82) is 0 Å². The van der Waals surface area contributed by atoms with Crippen molar-refractivity contribution < 1.29 is 24.8 Å². The molecule has 1 aliphatic heterocycles. The summed E-state index contributed by atoms with van der Waals surface area (Å²) in [5.74, 6) is 0.170. The Hall–Kier alpha value is -2.01. The molecule has 10 heteroatoms. The third-order valence-electron chi connectivity index (χ3n) is 4.79. The van der Waals surface area contributed by atoms with Crippen LogP contribution in [0.2, 0.25) is 0 Å². The van der Waals surface area contributed by atoms with Crippen LogP contribution in [0.5, 0.6) is 6.01 Å². The summed E-state index contributed by atoms with van der Waals surface area (Å²) in [5, 5.41) is 29.4. The first-order valence-electron chi connectivity index (χ1n) is 8.37. The molecule has 0 spiro atoms. The van der Waals surface area contributed by atoms with E-state index >= 15 is 0 Å². The van der Waals surface area contributed by atoms with Gasteiger partial charge < -0.3 is 30.5 Å². The van der Waals surface area contributed by atoms with Gasteiger partial charge in [-0.1, -0.05) is 0 Å². The fraction of sp³-hybridized carbons (Fsp3) is 0.667. The Kier molecular flexibility index (Phi) is 4.20. The van der Waals surface area contributed by atoms with E-state index in [1.807, 2.05) is 0 Å². The van der Waals surface area contributed by atoms with Gasteiger partial charge in [0.2, 0.25) is 0 Å². The van der Waals surface area contributed by atoms with Crippen LogP contribution in [0.3, 0.4) is 0 Å². The second-order valence-corrected chi connectivity index (χ2v) is 6.47. The molecule has 136 valence electrons. The SMILES string of the molecule is Nc1nc(OC2CCCC2)nc2c1ncn2[C@@H]1O[C@H](CO)C(O)C1O. The number of imidazole rings is 1. The monoisotopic (exact) mass is 351 g/mol. The zero-order valence-electron chi connectivity index (χ0n) is 13.5. The highest BCUT2D eigenvalue weighted by molar-refractivity contribution is 5.82. The largest absolute Gasteiger partial charge is 0.460 e. The zero-order valence-corrected chi connectivity index (χ0v) is 13.5. The minimum atomic E-state index is -1.23. The Morgan fingerprint density at radius 1 is 1.24 bits per heavy atom. The van der Waals surface area contributed by atoms with Crippen molar-refractivity contribution in [2.75, 3.05) is 12.3 Å². The number of hydrogen-bond donors (Lipinski definition) is 4. The van der Waals surface area contributed by atoms with Gasteiger partial charge in [0.1, 0.15) is 24.4 Å². The molecule has 1 saturated heterocycles. The van der Waals surface area contributed by atoms with Crippen LogP contribution in [0.1, 0.15) is 31.9 Å². The molecule has 5 N–H and O–H groups in total. The predicted octanol–water partition coefficient (Wildman–Crippen LogP) is -0.659. The first-order chi connectivity index (χ1) is 12.1. The van der Waals surface area contributed by atoms with Gasteiger partial charge >= 0.3 is 6.01 Å². The van der Waals surface area contributed by atoms with E-state index in [4.69, 9.17) is 15.2 Å². The fourth-order valence-electron chi connectivity index (χ4n) is 3.42. The van der Waals surface area contributed by atoms with Crippen LogP contribution in [0.15, 0.2) is 6.33 Å². The highest BCUT2D eigenvalue weighted by atomic mass is 16.6. The van der Waals surface area contributed by atoms with Gasteiger partial charge in [0, 0.05) is 0 Å². The van der Waals surface area contributed by atoms with Crippen molar-refractivity contribution in [1.82, 2.24) is 19.5 Å². The Labute approximate surface area is 143 Å². The lowest BCUT2D eigenvalue weighted by Crippen LogP contribution is -2.33. The van der Waals surface area contributed by atoms with Crippen molar-refractivity contribution in [2.45, 2.75) is 56.3 Å². The van der Waals surface area contributed by atoms with E-state index in [1.165, 1.54) is 10.9 Å². The van der Waals surface area contributed by atoms with Crippen molar-refractivity contribution in [3.8, 4) is 6.01 Å². The molecular weight excluding hydrogens is 330 g/mol. The number of nitrogens with zero attached hydrogens (tertiary/aromatic N) is 4. The molecule has 10 nitrogen and oxygen atoms in total. The molecule has 4 atom stereocenters. The van der Waals surface area contributed by atoms with Crippen LogP contribution < -0.4 is 10.5 Å². The van der Waals surface area contributed by atoms with E-state index in [9.17, 15) is 15.3 Å². The van der Waals surface area contributed by atoms with E-state index < -0.39 is 31.1 Å². The number of anilines is 1. The van der Waals surface area contributed by atoms with E-state index in [0.717, 1.165) is 25.7 Å². The minimum absolute atomic E-state index is 0.0714. The highest BCUT2D eigenvalue weighted by Gasteiger charge is 2.44. The lowest BCUT2D eigenvalue weighted by molar-refractivity contribution is -0.0511. The highest BCUT2D eigenvalue weighted by Crippen LogP contribution is 2.33. The van der Waals surface area contributed by atoms with Crippen LogP contribution in [-0.4, -0.2) is 65.9 Å². The molecule has 2 unspecified atom stereocenters. The van der Waals surface area contributed by atoms with Crippen molar-refractivity contribution in [3.63, 3.8) is 0 Å². The number of fused-ring (bicyclic) bond motifs is 1. The van der Waals surface area contributed by atoms with Gasteiger partial charge in [-0.15, -0.1) is 0 Å². The molecule has 2 aromatic heterocycles. The molecule has 0 bridgehead atoms. The summed E-state index contributed by atoms with van der Waals surface area (Å²) in [5.41, 5.74) is 6.66. The zero-order chi connectivity index (χ0) is 17.6. The quantitative estimate of drug-likeness (QED) is 0.563. The van der Waals surface area contributed by atoms with E-state index in [1.54, 1.807) is 0 Å². The summed E-state index contributed by atoms with van der Waals surface area (Å²) in [6, 6.07) is 0.158. The summed E-state index contributed by atoms with van der Waals surface area (Å²) in [4.78, 5) is 12.7. The fourth-order valence-corrected chi connectivity index (χ4v) is 3.42. The maximum atomic E-state index is 10.2. The lowest BCUT2D eigenvalue weighted by atomic mass is 10.1. The molecule has 1 saturated carbocycles. The van der Waals surface area contributed by atoms with Crippen LogP contribution in [0.25, 0.3) is 11.2 Å². The van der Waals surface area contributed by atoms with E-state index in [-0.39, 0.29) is 17.9 Å². The number of hydrogen-bond acceptors (Lipinski definition) is 9. The number of nitrogens with two attached hydrogens (primary N) is 1. The molecule has 2 fully saturated rings. The number of rotatable bonds is 4. The summed E-state index contributed by atoms with van der Waals surface area (Å²) in [6.45, 7) is -0.408. The average Bonchev–Trinajstić information content (AvgIpc) is 3.30. The van der Waals surface area contributed by atoms with E-state index in [0.29, 0.717) is 11.2 Å². The summed E-state index contributed by atoms with van der Waals surface area (Å²) >= 11 is 0. The molecular formula is C15H21N5O5. The smallest absolute Gasteiger partial charge is 0.320 e. The third kappa shape index (κ3) is 2.80. The predicted molar refractivity (Wildman–Crippen MR) is 85.6 cm³/mol. The second-order valence-electron chi connectivity index (χ2n) is 6.47. The van der Waals surface area contributed by atoms with Gasteiger partial charge in [-0.2, -0.15) is 9.97 Å². The van der Waals surface area contributed by atoms with Gasteiger partial charge in [0.05, 0.1) is 12.9 Å². The molecule has 2 aromatic rings. The van der Waals surface area contributed by atoms with Gasteiger partial charge in [-0.05, 0) is 25.7 Å². The minimum Gasteiger partial charge on any atom is -0.460 e. The summed E-state index contributed by atoms with van der Waals surface area (Å²) in [7, 11) is 0. The Balaban J connectivity index is 1.68. The molecule has 25 heavy (non-hydrogen) atoms. The molecule has 3 heterocycles. The van der Waals surface area contributed by atoms with Crippen molar-refractivity contribution in [3.05, 3.63) is 6.33 Å². The molecule has 0 amide bonds. The van der Waals surface area contributed by atoms with Gasteiger partial charge in [0.15, 0.2) is 23.2 Å². The maximum Gasteiger partial charge on any atom is 0.320 e. The van der Waals surface area contributed by atoms with Crippen LogP contribution in [0, 0.1) is 0 Å². The van der Waals surface area contributed by atoms with Crippen molar-refractivity contribution in [2.24, 2.45) is 0 Å². The summed E-state index contributed by atoms with van der Waals surface area (Å²) in [6.07, 6.45) is 1.36. The standard InChI is InChI=1S/C15H21N5O5/c16-12-9-13(19-15(18-12)24-7-3-1-2-4-7)20(6-17-9)14-11(23)10(22)8(5-21)25-14/h6-8,10-11,14,21-23H,1-5H2,(H2,16,18,19)/t8-,10?,11?,14-/m1/s1. The lowest BCUT2D eigenvalue weighted by Gasteiger charge is -2.17. The number of ether oxygens (including phenoxy) is 2. The molecule has 2 aliphatic rings. The van der Waals surface area contributed by atoms with Crippen LogP contribution in [0.4, 0.5) is 5.82 Å².